The Hall–Kier alpha value is -2.04. The van der Waals surface area contributed by atoms with Crippen LogP contribution in [-0.2, 0) is 14.3 Å². The smallest absolute Gasteiger partial charge is 0.331 e. The lowest BCUT2D eigenvalue weighted by Crippen LogP contribution is -2.45. The van der Waals surface area contributed by atoms with E-state index in [-0.39, 0.29) is 18.6 Å². The summed E-state index contributed by atoms with van der Waals surface area (Å²) in [7, 11) is 0. The molecule has 1 heterocycles. The second-order valence-electron chi connectivity index (χ2n) is 5.90. The molecule has 0 aliphatic heterocycles. The van der Waals surface area contributed by atoms with Crippen LogP contribution in [0.15, 0.2) is 28.9 Å². The first-order chi connectivity index (χ1) is 10.6. The number of esters is 1. The van der Waals surface area contributed by atoms with Gasteiger partial charge in [-0.1, -0.05) is 26.7 Å². The largest absolute Gasteiger partial charge is 0.465 e. The number of nitrogens with one attached hydrogen (secondary N) is 1. The van der Waals surface area contributed by atoms with E-state index in [4.69, 9.17) is 9.15 Å². The van der Waals surface area contributed by atoms with Gasteiger partial charge in [0.1, 0.15) is 5.76 Å². The van der Waals surface area contributed by atoms with Gasteiger partial charge < -0.3 is 14.5 Å². The molecule has 0 unspecified atom stereocenters. The van der Waals surface area contributed by atoms with Crippen molar-refractivity contribution >= 4 is 18.0 Å². The molecule has 5 heteroatoms. The fraction of sp³-hybridized carbons (Fsp3) is 0.529. The molecule has 1 aliphatic carbocycles. The molecule has 2 rings (SSSR count). The highest BCUT2D eigenvalue weighted by atomic mass is 16.5. The number of hydrogen-bond acceptors (Lipinski definition) is 4. The van der Waals surface area contributed by atoms with Crippen molar-refractivity contribution in [2.75, 3.05) is 6.61 Å². The van der Waals surface area contributed by atoms with E-state index in [9.17, 15) is 9.59 Å². The Morgan fingerprint density at radius 1 is 1.41 bits per heavy atom. The summed E-state index contributed by atoms with van der Waals surface area (Å²) >= 11 is 0. The van der Waals surface area contributed by atoms with Gasteiger partial charge >= 0.3 is 5.97 Å². The third kappa shape index (κ3) is 4.76. The quantitative estimate of drug-likeness (QED) is 0.671. The molecule has 0 radical (unpaired) electrons. The van der Waals surface area contributed by atoms with Gasteiger partial charge in [-0.05, 0) is 36.5 Å². The predicted molar refractivity (Wildman–Crippen MR) is 82.8 cm³/mol. The lowest BCUT2D eigenvalue weighted by molar-refractivity contribution is -0.144. The van der Waals surface area contributed by atoms with E-state index in [1.54, 1.807) is 12.1 Å². The first-order valence-electron chi connectivity index (χ1n) is 7.74. The summed E-state index contributed by atoms with van der Waals surface area (Å²) in [5.41, 5.74) is 0. The summed E-state index contributed by atoms with van der Waals surface area (Å²) < 4.78 is 9.98. The summed E-state index contributed by atoms with van der Waals surface area (Å²) in [5.74, 6) is 0.818. The highest BCUT2D eigenvalue weighted by molar-refractivity contribution is 5.88. The van der Waals surface area contributed by atoms with Crippen LogP contribution in [0.3, 0.4) is 0 Å². The third-order valence-corrected chi connectivity index (χ3v) is 4.33. The van der Waals surface area contributed by atoms with Crippen LogP contribution in [-0.4, -0.2) is 24.5 Å². The summed E-state index contributed by atoms with van der Waals surface area (Å²) in [6, 6.07) is 3.63. The van der Waals surface area contributed by atoms with E-state index in [1.165, 1.54) is 24.8 Å². The van der Waals surface area contributed by atoms with Crippen LogP contribution < -0.4 is 5.32 Å². The van der Waals surface area contributed by atoms with Crippen LogP contribution in [0.2, 0.25) is 0 Å². The topological polar surface area (TPSA) is 68.5 Å². The Bertz CT molecular complexity index is 521. The van der Waals surface area contributed by atoms with Gasteiger partial charge in [-0.2, -0.15) is 0 Å². The van der Waals surface area contributed by atoms with Crippen molar-refractivity contribution < 1.29 is 18.7 Å². The zero-order chi connectivity index (χ0) is 15.9. The maximum Gasteiger partial charge on any atom is 0.331 e. The minimum Gasteiger partial charge on any atom is -0.465 e. The molecule has 1 aromatic heterocycles. The molecule has 3 atom stereocenters. The standard InChI is InChI=1S/C17H23NO4/c1-12-5-3-7-15(13(12)2)18-16(19)11-22-17(20)9-8-14-6-4-10-21-14/h4,6,8-10,12-13,15H,3,5,7,11H2,1-2H3,(H,18,19)/b9-8+/t12-,13-,15-/m1/s1. The first-order valence-corrected chi connectivity index (χ1v) is 7.74. The molecule has 1 saturated carbocycles. The second kappa shape index (κ2) is 7.82. The summed E-state index contributed by atoms with van der Waals surface area (Å²) in [4.78, 5) is 23.4. The maximum absolute atomic E-state index is 11.9. The van der Waals surface area contributed by atoms with E-state index < -0.39 is 5.97 Å². The van der Waals surface area contributed by atoms with Gasteiger partial charge in [0, 0.05) is 12.1 Å². The number of ether oxygens (including phenoxy) is 1. The summed E-state index contributed by atoms with van der Waals surface area (Å²) in [6.07, 6.45) is 7.60. The van der Waals surface area contributed by atoms with Crippen LogP contribution in [0.25, 0.3) is 6.08 Å². The van der Waals surface area contributed by atoms with E-state index in [2.05, 4.69) is 19.2 Å². The average molecular weight is 305 g/mol. The summed E-state index contributed by atoms with van der Waals surface area (Å²) in [5, 5.41) is 2.97. The van der Waals surface area contributed by atoms with Crippen molar-refractivity contribution in [3.8, 4) is 0 Å². The highest BCUT2D eigenvalue weighted by Crippen LogP contribution is 2.29. The van der Waals surface area contributed by atoms with Gasteiger partial charge in [-0.25, -0.2) is 4.79 Å². The molecule has 5 nitrogen and oxygen atoms in total. The van der Waals surface area contributed by atoms with Crippen LogP contribution in [0.4, 0.5) is 0 Å². The van der Waals surface area contributed by atoms with Crippen molar-refractivity contribution in [2.45, 2.75) is 39.2 Å². The molecule has 1 fully saturated rings. The monoisotopic (exact) mass is 305 g/mol. The number of furan rings is 1. The molecule has 1 aliphatic rings. The SMILES string of the molecule is C[C@@H]1[C@H](C)CCC[C@H]1NC(=O)COC(=O)/C=C/c1ccco1. The van der Waals surface area contributed by atoms with Crippen molar-refractivity contribution in [2.24, 2.45) is 11.8 Å². The number of hydrogen-bond donors (Lipinski definition) is 1. The van der Waals surface area contributed by atoms with Crippen molar-refractivity contribution in [3.63, 3.8) is 0 Å². The molecule has 1 N–H and O–H groups in total. The number of carbonyl (C=O) groups is 2. The molecule has 1 aromatic rings. The zero-order valence-electron chi connectivity index (χ0n) is 13.1. The van der Waals surface area contributed by atoms with Gasteiger partial charge in [0.15, 0.2) is 6.61 Å². The summed E-state index contributed by atoms with van der Waals surface area (Å²) in [6.45, 7) is 4.12. The fourth-order valence-electron chi connectivity index (χ4n) is 2.76. The molecule has 120 valence electrons. The van der Waals surface area contributed by atoms with Crippen molar-refractivity contribution in [1.29, 1.82) is 0 Å². The van der Waals surface area contributed by atoms with E-state index in [1.807, 2.05) is 0 Å². The second-order valence-corrected chi connectivity index (χ2v) is 5.90. The van der Waals surface area contributed by atoms with Crippen LogP contribution in [0.1, 0.15) is 38.9 Å². The van der Waals surface area contributed by atoms with Crippen molar-refractivity contribution in [3.05, 3.63) is 30.2 Å². The Morgan fingerprint density at radius 3 is 2.95 bits per heavy atom. The maximum atomic E-state index is 11.9. The molecular weight excluding hydrogens is 282 g/mol. The fourth-order valence-corrected chi connectivity index (χ4v) is 2.76. The number of carbonyl (C=O) groups excluding carboxylic acids is 2. The predicted octanol–water partition coefficient (Wildman–Crippen LogP) is 2.78. The van der Waals surface area contributed by atoms with Crippen LogP contribution in [0.5, 0.6) is 0 Å². The lowest BCUT2D eigenvalue weighted by atomic mass is 9.78. The Balaban J connectivity index is 1.72. The molecular formula is C17H23NO4. The molecule has 1 amide bonds. The molecule has 22 heavy (non-hydrogen) atoms. The highest BCUT2D eigenvalue weighted by Gasteiger charge is 2.28. The van der Waals surface area contributed by atoms with Crippen LogP contribution >= 0.6 is 0 Å². The minimum absolute atomic E-state index is 0.175. The lowest BCUT2D eigenvalue weighted by Gasteiger charge is -2.34. The normalized spacial score (nSPS) is 25.1. The average Bonchev–Trinajstić information content (AvgIpc) is 3.01. The zero-order valence-corrected chi connectivity index (χ0v) is 13.1. The minimum atomic E-state index is -0.559. The number of rotatable bonds is 5. The van der Waals surface area contributed by atoms with Crippen molar-refractivity contribution in [1.82, 2.24) is 5.32 Å². The van der Waals surface area contributed by atoms with Crippen LogP contribution in [0, 0.1) is 11.8 Å². The number of amides is 1. The third-order valence-electron chi connectivity index (χ3n) is 4.33. The van der Waals surface area contributed by atoms with E-state index >= 15 is 0 Å². The van der Waals surface area contributed by atoms with Gasteiger partial charge in [-0.3, -0.25) is 4.79 Å². The Labute approximate surface area is 130 Å². The Kier molecular flexibility index (Phi) is 5.81. The van der Waals surface area contributed by atoms with Gasteiger partial charge in [0.25, 0.3) is 5.91 Å². The first kappa shape index (κ1) is 16.3. The van der Waals surface area contributed by atoms with E-state index in [0.717, 1.165) is 12.8 Å². The van der Waals surface area contributed by atoms with Gasteiger partial charge in [0.2, 0.25) is 0 Å². The van der Waals surface area contributed by atoms with Gasteiger partial charge in [0.05, 0.1) is 6.26 Å². The van der Waals surface area contributed by atoms with Gasteiger partial charge in [-0.15, -0.1) is 0 Å². The molecule has 0 bridgehead atoms. The molecule has 0 saturated heterocycles. The van der Waals surface area contributed by atoms with E-state index in [0.29, 0.717) is 17.6 Å². The molecule has 0 aromatic carbocycles. The molecule has 0 spiro atoms. The Morgan fingerprint density at radius 2 is 2.23 bits per heavy atom.